The molecular formula is C27H30ClFN4O4. The molecule has 0 amide bonds. The number of carbonyl (C=O) groups is 1. The molecule has 2 heterocycles. The molecule has 8 nitrogen and oxygen atoms in total. The molecule has 2 aromatic carbocycles. The lowest BCUT2D eigenvalue weighted by molar-refractivity contribution is -0.154. The van der Waals surface area contributed by atoms with Gasteiger partial charge in [-0.3, -0.25) is 9.36 Å². The molecule has 2 aromatic heterocycles. The Kier molecular flexibility index (Phi) is 7.85. The number of rotatable bonds is 9. The Labute approximate surface area is 219 Å². The van der Waals surface area contributed by atoms with Crippen LogP contribution in [0.5, 0.6) is 5.75 Å². The molecule has 10 heteroatoms. The number of halogens is 2. The highest BCUT2D eigenvalue weighted by Gasteiger charge is 2.18. The second-order valence-corrected chi connectivity index (χ2v) is 10.3. The molecule has 0 aliphatic heterocycles. The van der Waals surface area contributed by atoms with Crippen molar-refractivity contribution in [3.8, 4) is 23.2 Å². The molecule has 0 saturated heterocycles. The highest BCUT2D eigenvalue weighted by Crippen LogP contribution is 2.30. The van der Waals surface area contributed by atoms with E-state index in [9.17, 15) is 9.18 Å². The van der Waals surface area contributed by atoms with Gasteiger partial charge in [0.1, 0.15) is 5.60 Å². The van der Waals surface area contributed by atoms with E-state index in [0.29, 0.717) is 23.7 Å². The zero-order valence-corrected chi connectivity index (χ0v) is 22.2. The molecule has 4 aromatic rings. The van der Waals surface area contributed by atoms with E-state index in [1.807, 2.05) is 52.8 Å². The molecule has 37 heavy (non-hydrogen) atoms. The van der Waals surface area contributed by atoms with Crippen molar-refractivity contribution in [2.24, 2.45) is 0 Å². The summed E-state index contributed by atoms with van der Waals surface area (Å²) in [5, 5.41) is 8.66. The van der Waals surface area contributed by atoms with Crippen LogP contribution in [0.25, 0.3) is 28.3 Å². The van der Waals surface area contributed by atoms with Crippen molar-refractivity contribution in [2.45, 2.75) is 59.3 Å². The normalized spacial score (nSPS) is 11.9. The largest absolute Gasteiger partial charge is 0.488 e. The highest BCUT2D eigenvalue weighted by atomic mass is 35.5. The van der Waals surface area contributed by atoms with E-state index in [2.05, 4.69) is 15.5 Å². The van der Waals surface area contributed by atoms with Crippen LogP contribution in [0, 0.1) is 5.82 Å². The Hall–Kier alpha value is -3.43. The second-order valence-electron chi connectivity index (χ2n) is 9.92. The lowest BCUT2D eigenvalue weighted by Crippen LogP contribution is -2.26. The molecule has 0 atom stereocenters. The second kappa shape index (κ2) is 10.9. The zero-order chi connectivity index (χ0) is 26.7. The first-order chi connectivity index (χ1) is 17.5. The molecule has 0 saturated carbocycles. The Morgan fingerprint density at radius 1 is 1.22 bits per heavy atom. The monoisotopic (exact) mass is 528 g/mol. The first kappa shape index (κ1) is 26.6. The van der Waals surface area contributed by atoms with Crippen LogP contribution in [0.4, 0.5) is 4.39 Å². The predicted octanol–water partition coefficient (Wildman–Crippen LogP) is 6.08. The maximum absolute atomic E-state index is 14.4. The maximum atomic E-state index is 14.4. The molecule has 196 valence electrons. The summed E-state index contributed by atoms with van der Waals surface area (Å²) in [6.07, 6.45) is 1.85. The number of esters is 1. The van der Waals surface area contributed by atoms with Gasteiger partial charge in [-0.2, -0.15) is 4.98 Å². The lowest BCUT2D eigenvalue weighted by atomic mass is 10.1. The summed E-state index contributed by atoms with van der Waals surface area (Å²) in [6, 6.07) is 10.4. The van der Waals surface area contributed by atoms with Gasteiger partial charge in [0.15, 0.2) is 11.6 Å². The first-order valence-corrected chi connectivity index (χ1v) is 12.4. The number of ether oxygens (including phenoxy) is 2. The summed E-state index contributed by atoms with van der Waals surface area (Å²) < 4.78 is 32.3. The van der Waals surface area contributed by atoms with E-state index in [0.717, 1.165) is 16.5 Å². The van der Waals surface area contributed by atoms with Gasteiger partial charge in [-0.15, -0.1) is 0 Å². The van der Waals surface area contributed by atoms with Crippen molar-refractivity contribution in [3.63, 3.8) is 0 Å². The van der Waals surface area contributed by atoms with Crippen molar-refractivity contribution < 1.29 is 23.2 Å². The Morgan fingerprint density at radius 3 is 2.70 bits per heavy atom. The fraction of sp³-hybridized carbons (Fsp3) is 0.370. The van der Waals surface area contributed by atoms with Gasteiger partial charge in [0.25, 0.3) is 11.8 Å². The van der Waals surface area contributed by atoms with Gasteiger partial charge in [0.05, 0.1) is 23.1 Å². The lowest BCUT2D eigenvalue weighted by Gasteiger charge is -2.19. The van der Waals surface area contributed by atoms with Crippen molar-refractivity contribution in [1.82, 2.24) is 20.0 Å². The van der Waals surface area contributed by atoms with Gasteiger partial charge >= 0.3 is 5.97 Å². The summed E-state index contributed by atoms with van der Waals surface area (Å²) in [6.45, 7) is 10.3. The van der Waals surface area contributed by atoms with Crippen LogP contribution in [0.1, 0.15) is 46.6 Å². The summed E-state index contributed by atoms with van der Waals surface area (Å²) in [5.41, 5.74) is 1.75. The molecular weight excluding hydrogens is 499 g/mol. The van der Waals surface area contributed by atoms with Crippen LogP contribution in [0.3, 0.4) is 0 Å². The summed E-state index contributed by atoms with van der Waals surface area (Å²) >= 11 is 6.52. The average molecular weight is 529 g/mol. The van der Waals surface area contributed by atoms with Crippen LogP contribution in [-0.4, -0.2) is 38.9 Å². The van der Waals surface area contributed by atoms with E-state index in [1.165, 1.54) is 6.07 Å². The topological polar surface area (TPSA) is 91.4 Å². The number of hydrogen-bond donors (Lipinski definition) is 1. The Morgan fingerprint density at radius 2 is 2.00 bits per heavy atom. The third-order valence-electron chi connectivity index (χ3n) is 5.25. The smallest absolute Gasteiger partial charge is 0.307 e. The van der Waals surface area contributed by atoms with Crippen molar-refractivity contribution in [3.05, 3.63) is 59.0 Å². The van der Waals surface area contributed by atoms with E-state index in [-0.39, 0.29) is 36.1 Å². The number of nitrogens with one attached hydrogen (secondary N) is 1. The fourth-order valence-electron chi connectivity index (χ4n) is 3.74. The van der Waals surface area contributed by atoms with Gasteiger partial charge in [-0.05, 0) is 75.7 Å². The van der Waals surface area contributed by atoms with Crippen LogP contribution >= 0.6 is 11.6 Å². The van der Waals surface area contributed by atoms with Gasteiger partial charge < -0.3 is 19.3 Å². The minimum atomic E-state index is -0.507. The van der Waals surface area contributed by atoms with Gasteiger partial charge in [0, 0.05) is 30.2 Å². The molecule has 0 aliphatic carbocycles. The number of hydrogen-bond acceptors (Lipinski definition) is 7. The molecule has 4 rings (SSSR count). The molecule has 0 radical (unpaired) electrons. The highest BCUT2D eigenvalue weighted by molar-refractivity contribution is 6.35. The third kappa shape index (κ3) is 6.67. The molecule has 0 bridgehead atoms. The summed E-state index contributed by atoms with van der Waals surface area (Å²) in [7, 11) is 0. The molecule has 0 aliphatic rings. The number of nitrogens with zero attached hydrogens (tertiary/aromatic N) is 3. The van der Waals surface area contributed by atoms with Gasteiger partial charge in [0.2, 0.25) is 0 Å². The average Bonchev–Trinajstić information content (AvgIpc) is 3.42. The van der Waals surface area contributed by atoms with E-state index >= 15 is 0 Å². The zero-order valence-electron chi connectivity index (χ0n) is 21.5. The van der Waals surface area contributed by atoms with Gasteiger partial charge in [-0.1, -0.05) is 17.7 Å². The van der Waals surface area contributed by atoms with E-state index in [4.69, 9.17) is 25.6 Å². The molecule has 0 spiro atoms. The maximum Gasteiger partial charge on any atom is 0.307 e. The summed E-state index contributed by atoms with van der Waals surface area (Å²) in [5.74, 6) is -0.131. The van der Waals surface area contributed by atoms with Crippen LogP contribution in [-0.2, 0) is 16.1 Å². The Bertz CT molecular complexity index is 1410. The first-order valence-electron chi connectivity index (χ1n) is 12.0. The SMILES string of the molecule is CC(C)Oc1ccc(-c2nc(-n3cc(Cl)c4cc(CNCCC(=O)OC(C)(C)C)ccc43)no2)cc1F. The fourth-order valence-corrected chi connectivity index (χ4v) is 3.99. The van der Waals surface area contributed by atoms with Crippen LogP contribution in [0.2, 0.25) is 5.02 Å². The van der Waals surface area contributed by atoms with Crippen molar-refractivity contribution >= 4 is 28.5 Å². The number of aromatic nitrogens is 3. The molecule has 0 unspecified atom stereocenters. The predicted molar refractivity (Wildman–Crippen MR) is 139 cm³/mol. The van der Waals surface area contributed by atoms with E-state index in [1.54, 1.807) is 22.9 Å². The van der Waals surface area contributed by atoms with Gasteiger partial charge in [-0.25, -0.2) is 4.39 Å². The Balaban J connectivity index is 1.46. The minimum absolute atomic E-state index is 0.143. The number of fused-ring (bicyclic) bond motifs is 1. The van der Waals surface area contributed by atoms with Crippen molar-refractivity contribution in [2.75, 3.05) is 6.54 Å². The minimum Gasteiger partial charge on any atom is -0.488 e. The third-order valence-corrected chi connectivity index (χ3v) is 5.55. The van der Waals surface area contributed by atoms with Crippen LogP contribution in [0.15, 0.2) is 47.1 Å². The summed E-state index contributed by atoms with van der Waals surface area (Å²) in [4.78, 5) is 16.3. The standard InChI is InChI=1S/C27H30ClFN4O4/c1-16(2)35-23-9-7-18(13-21(23)29)25-31-26(32-37-25)33-15-20(28)19-12-17(6-8-22(19)33)14-30-11-10-24(34)36-27(3,4)5/h6-9,12-13,15-16,30H,10-11,14H2,1-5H3. The van der Waals surface area contributed by atoms with E-state index < -0.39 is 11.4 Å². The quantitative estimate of drug-likeness (QED) is 0.208. The number of benzene rings is 2. The van der Waals surface area contributed by atoms with Crippen LogP contribution < -0.4 is 10.1 Å². The molecule has 0 fully saturated rings. The van der Waals surface area contributed by atoms with Crippen molar-refractivity contribution in [1.29, 1.82) is 0 Å². The molecule has 1 N–H and O–H groups in total. The number of carbonyl (C=O) groups excluding carboxylic acids is 1.